The standard InChI is InChI=1S/C16H21N3O3/c1-2-14-12(11-22-18-14)10-19-7-3-6-15(19)16(20)17-9-13-5-4-8-21-13/h4-5,8,11,15H,2-3,6-7,9-10H2,1H3,(H,17,20). The number of furan rings is 1. The van der Waals surface area contributed by atoms with Gasteiger partial charge in [0.15, 0.2) is 0 Å². The number of amides is 1. The van der Waals surface area contributed by atoms with Gasteiger partial charge in [-0.05, 0) is 37.9 Å². The molecule has 6 nitrogen and oxygen atoms in total. The van der Waals surface area contributed by atoms with E-state index in [0.717, 1.165) is 42.8 Å². The van der Waals surface area contributed by atoms with Gasteiger partial charge in [-0.25, -0.2) is 0 Å². The monoisotopic (exact) mass is 303 g/mol. The van der Waals surface area contributed by atoms with E-state index >= 15 is 0 Å². The van der Waals surface area contributed by atoms with Gasteiger partial charge in [-0.1, -0.05) is 12.1 Å². The van der Waals surface area contributed by atoms with Crippen LogP contribution in [-0.2, 0) is 24.3 Å². The molecule has 1 atom stereocenters. The summed E-state index contributed by atoms with van der Waals surface area (Å²) >= 11 is 0. The molecule has 1 saturated heterocycles. The van der Waals surface area contributed by atoms with Crippen molar-refractivity contribution in [3.05, 3.63) is 41.7 Å². The zero-order chi connectivity index (χ0) is 15.4. The van der Waals surface area contributed by atoms with Crippen LogP contribution in [0, 0.1) is 0 Å². The number of nitrogens with zero attached hydrogens (tertiary/aromatic N) is 2. The summed E-state index contributed by atoms with van der Waals surface area (Å²) in [5, 5.41) is 6.95. The van der Waals surface area contributed by atoms with E-state index in [2.05, 4.69) is 22.3 Å². The molecule has 0 spiro atoms. The predicted octanol–water partition coefficient (Wildman–Crippen LogP) is 2.11. The zero-order valence-electron chi connectivity index (χ0n) is 12.7. The molecule has 3 rings (SSSR count). The highest BCUT2D eigenvalue weighted by Crippen LogP contribution is 2.22. The van der Waals surface area contributed by atoms with E-state index in [-0.39, 0.29) is 11.9 Å². The third-order valence-corrected chi connectivity index (χ3v) is 4.12. The van der Waals surface area contributed by atoms with Crippen LogP contribution in [-0.4, -0.2) is 28.6 Å². The van der Waals surface area contributed by atoms with Gasteiger partial charge >= 0.3 is 0 Å². The third-order valence-electron chi connectivity index (χ3n) is 4.12. The molecule has 0 aliphatic carbocycles. The molecule has 0 aromatic carbocycles. The lowest BCUT2D eigenvalue weighted by Crippen LogP contribution is -2.42. The number of carbonyl (C=O) groups excluding carboxylic acids is 1. The van der Waals surface area contributed by atoms with Gasteiger partial charge in [0.1, 0.15) is 12.0 Å². The summed E-state index contributed by atoms with van der Waals surface area (Å²) in [7, 11) is 0. The minimum Gasteiger partial charge on any atom is -0.467 e. The van der Waals surface area contributed by atoms with Crippen LogP contribution < -0.4 is 5.32 Å². The van der Waals surface area contributed by atoms with Crippen molar-refractivity contribution in [1.29, 1.82) is 0 Å². The highest BCUT2D eigenvalue weighted by molar-refractivity contribution is 5.81. The zero-order valence-corrected chi connectivity index (χ0v) is 12.7. The first-order valence-corrected chi connectivity index (χ1v) is 7.74. The summed E-state index contributed by atoms with van der Waals surface area (Å²) in [4.78, 5) is 14.6. The first-order valence-electron chi connectivity index (χ1n) is 7.74. The maximum absolute atomic E-state index is 12.4. The largest absolute Gasteiger partial charge is 0.467 e. The van der Waals surface area contributed by atoms with Gasteiger partial charge in [0.25, 0.3) is 0 Å². The Balaban J connectivity index is 1.59. The van der Waals surface area contributed by atoms with E-state index in [4.69, 9.17) is 8.94 Å². The molecular formula is C16H21N3O3. The van der Waals surface area contributed by atoms with E-state index in [1.54, 1.807) is 12.5 Å². The van der Waals surface area contributed by atoms with Gasteiger partial charge in [0.2, 0.25) is 5.91 Å². The van der Waals surface area contributed by atoms with Crippen molar-refractivity contribution in [2.45, 2.75) is 45.3 Å². The van der Waals surface area contributed by atoms with E-state index in [1.165, 1.54) is 0 Å². The summed E-state index contributed by atoms with van der Waals surface area (Å²) in [6.07, 6.45) is 6.06. The lowest BCUT2D eigenvalue weighted by atomic mass is 10.1. The summed E-state index contributed by atoms with van der Waals surface area (Å²) < 4.78 is 10.3. The van der Waals surface area contributed by atoms with Crippen LogP contribution >= 0.6 is 0 Å². The van der Waals surface area contributed by atoms with Gasteiger partial charge in [0, 0.05) is 12.1 Å². The number of aromatic nitrogens is 1. The fourth-order valence-electron chi connectivity index (χ4n) is 2.94. The summed E-state index contributed by atoms with van der Waals surface area (Å²) in [6, 6.07) is 3.59. The molecule has 0 saturated carbocycles. The Hall–Kier alpha value is -2.08. The summed E-state index contributed by atoms with van der Waals surface area (Å²) in [5.41, 5.74) is 2.05. The quantitative estimate of drug-likeness (QED) is 0.885. The van der Waals surface area contributed by atoms with Gasteiger partial charge in [-0.15, -0.1) is 0 Å². The molecule has 1 N–H and O–H groups in total. The molecule has 2 aromatic rings. The molecule has 6 heteroatoms. The van der Waals surface area contributed by atoms with Crippen LogP contribution in [0.4, 0.5) is 0 Å². The van der Waals surface area contributed by atoms with E-state index in [9.17, 15) is 4.79 Å². The molecule has 118 valence electrons. The maximum Gasteiger partial charge on any atom is 0.237 e. The van der Waals surface area contributed by atoms with Gasteiger partial charge in [-0.3, -0.25) is 9.69 Å². The lowest BCUT2D eigenvalue weighted by molar-refractivity contribution is -0.125. The van der Waals surface area contributed by atoms with Gasteiger partial charge in [-0.2, -0.15) is 0 Å². The van der Waals surface area contributed by atoms with Crippen LogP contribution in [0.1, 0.15) is 36.8 Å². The number of rotatable bonds is 6. The Morgan fingerprint density at radius 2 is 2.45 bits per heavy atom. The number of aryl methyl sites for hydroxylation is 1. The average molecular weight is 303 g/mol. The molecule has 1 unspecified atom stereocenters. The fraction of sp³-hybridized carbons (Fsp3) is 0.500. The normalized spacial score (nSPS) is 18.7. The van der Waals surface area contributed by atoms with Crippen molar-refractivity contribution in [3.63, 3.8) is 0 Å². The number of nitrogens with one attached hydrogen (secondary N) is 1. The smallest absolute Gasteiger partial charge is 0.237 e. The Labute approximate surface area is 129 Å². The SMILES string of the molecule is CCc1nocc1CN1CCCC1C(=O)NCc1ccco1. The highest BCUT2D eigenvalue weighted by atomic mass is 16.5. The van der Waals surface area contributed by atoms with Crippen LogP contribution in [0.5, 0.6) is 0 Å². The Morgan fingerprint density at radius 1 is 1.55 bits per heavy atom. The number of hydrogen-bond acceptors (Lipinski definition) is 5. The second-order valence-corrected chi connectivity index (χ2v) is 5.57. The molecule has 1 amide bonds. The maximum atomic E-state index is 12.4. The number of carbonyl (C=O) groups is 1. The van der Waals surface area contributed by atoms with Crippen molar-refractivity contribution in [2.24, 2.45) is 0 Å². The minimum absolute atomic E-state index is 0.0587. The first-order chi connectivity index (χ1) is 10.8. The molecule has 1 aliphatic rings. The third kappa shape index (κ3) is 3.22. The molecule has 0 bridgehead atoms. The van der Waals surface area contributed by atoms with Gasteiger partial charge < -0.3 is 14.3 Å². The van der Waals surface area contributed by atoms with Crippen molar-refractivity contribution < 1.29 is 13.7 Å². The molecule has 1 fully saturated rings. The molecule has 2 aromatic heterocycles. The van der Waals surface area contributed by atoms with Crippen molar-refractivity contribution in [2.75, 3.05) is 6.54 Å². The Bertz CT molecular complexity index is 606. The van der Waals surface area contributed by atoms with E-state index < -0.39 is 0 Å². The number of likely N-dealkylation sites (tertiary alicyclic amines) is 1. The summed E-state index contributed by atoms with van der Waals surface area (Å²) in [5.74, 6) is 0.827. The van der Waals surface area contributed by atoms with Crippen LogP contribution in [0.2, 0.25) is 0 Å². The lowest BCUT2D eigenvalue weighted by Gasteiger charge is -2.23. The van der Waals surface area contributed by atoms with Crippen LogP contribution in [0.3, 0.4) is 0 Å². The van der Waals surface area contributed by atoms with E-state index in [1.807, 2.05) is 12.1 Å². The van der Waals surface area contributed by atoms with Crippen molar-refractivity contribution in [1.82, 2.24) is 15.4 Å². The second-order valence-electron chi connectivity index (χ2n) is 5.57. The van der Waals surface area contributed by atoms with Crippen LogP contribution in [0.15, 0.2) is 33.6 Å². The molecule has 22 heavy (non-hydrogen) atoms. The second kappa shape index (κ2) is 6.79. The predicted molar refractivity (Wildman–Crippen MR) is 79.9 cm³/mol. The van der Waals surface area contributed by atoms with Crippen LogP contribution in [0.25, 0.3) is 0 Å². The van der Waals surface area contributed by atoms with Gasteiger partial charge in [0.05, 0.1) is 24.5 Å². The molecule has 0 radical (unpaired) electrons. The minimum atomic E-state index is -0.0884. The topological polar surface area (TPSA) is 71.5 Å². The highest BCUT2D eigenvalue weighted by Gasteiger charge is 2.31. The van der Waals surface area contributed by atoms with E-state index in [0.29, 0.717) is 13.1 Å². The molecule has 3 heterocycles. The first kappa shape index (κ1) is 14.8. The number of hydrogen-bond donors (Lipinski definition) is 1. The molecular weight excluding hydrogens is 282 g/mol. The fourth-order valence-corrected chi connectivity index (χ4v) is 2.94. The Kier molecular flexibility index (Phi) is 4.58. The molecule has 1 aliphatic heterocycles. The summed E-state index contributed by atoms with van der Waals surface area (Å²) in [6.45, 7) is 4.13. The Morgan fingerprint density at radius 3 is 3.23 bits per heavy atom. The van der Waals surface area contributed by atoms with Crippen molar-refractivity contribution in [3.8, 4) is 0 Å². The average Bonchev–Trinajstić information content (AvgIpc) is 3.27. The van der Waals surface area contributed by atoms with Crippen molar-refractivity contribution >= 4 is 5.91 Å².